The first kappa shape index (κ1) is 22.1. The van der Waals surface area contributed by atoms with Crippen molar-refractivity contribution >= 4 is 18.2 Å². The van der Waals surface area contributed by atoms with E-state index in [1.165, 1.54) is 32.4 Å². The van der Waals surface area contributed by atoms with Crippen molar-refractivity contribution < 1.29 is 14.6 Å². The fraction of sp³-hybridized carbons (Fsp3) is 0.290. The minimum Gasteiger partial charge on any atom is -0.507 e. The zero-order valence-electron chi connectivity index (χ0n) is 20.0. The summed E-state index contributed by atoms with van der Waals surface area (Å²) >= 11 is 0. The molecule has 3 aromatic carbocycles. The molecule has 0 amide bonds. The van der Waals surface area contributed by atoms with Gasteiger partial charge in [-0.15, -0.1) is 0 Å². The Bertz CT molecular complexity index is 1470. The average Bonchev–Trinajstić information content (AvgIpc) is 3.10. The van der Waals surface area contributed by atoms with Crippen molar-refractivity contribution in [1.82, 2.24) is 4.90 Å². The zero-order chi connectivity index (χ0) is 23.6. The lowest BCUT2D eigenvalue weighted by Crippen LogP contribution is -2.33. The molecule has 0 spiro atoms. The molecule has 6 rings (SSSR count). The third-order valence-corrected chi connectivity index (χ3v) is 7.33. The molecule has 0 radical (unpaired) electrons. The van der Waals surface area contributed by atoms with Gasteiger partial charge in [-0.05, 0) is 82.6 Å². The monoisotopic (exact) mass is 465 g/mol. The largest absolute Gasteiger partial charge is 0.507 e. The van der Waals surface area contributed by atoms with Gasteiger partial charge < -0.3 is 14.6 Å². The maximum atomic E-state index is 11.0. The predicted octanol–water partition coefficient (Wildman–Crippen LogP) is 4.40. The lowest BCUT2D eigenvalue weighted by atomic mass is 9.96. The molecule has 35 heavy (non-hydrogen) atoms. The highest BCUT2D eigenvalue weighted by atomic mass is 16.5. The van der Waals surface area contributed by atoms with Gasteiger partial charge in [0.2, 0.25) is 0 Å². The number of allylic oxidation sites excluding steroid dienone is 1. The Hall–Kier alpha value is -3.34. The molecule has 1 fully saturated rings. The zero-order valence-corrected chi connectivity index (χ0v) is 20.0. The maximum Gasteiger partial charge on any atom is 0.124 e. The molecule has 0 saturated carbocycles. The number of phenolic OH excluding ortho intramolecular Hbond substituents is 1. The van der Waals surface area contributed by atoms with E-state index >= 15 is 0 Å². The maximum absolute atomic E-state index is 11.0. The normalized spacial score (nSPS) is 18.9. The Morgan fingerprint density at radius 2 is 1.80 bits per heavy atom. The molecule has 0 bridgehead atoms. The third kappa shape index (κ3) is 4.52. The van der Waals surface area contributed by atoms with Gasteiger partial charge >= 0.3 is 0 Å². The molecule has 1 unspecified atom stereocenters. The van der Waals surface area contributed by atoms with E-state index in [4.69, 9.17) is 9.47 Å². The molecule has 3 aromatic rings. The van der Waals surface area contributed by atoms with Gasteiger partial charge in [0.25, 0.3) is 0 Å². The molecule has 4 heteroatoms. The number of phenols is 1. The molecule has 4 nitrogen and oxygen atoms in total. The summed E-state index contributed by atoms with van der Waals surface area (Å²) in [6.07, 6.45) is 12.1. The van der Waals surface area contributed by atoms with Crippen molar-refractivity contribution in [3.05, 3.63) is 98.2 Å². The molecular weight excluding hydrogens is 434 g/mol. The van der Waals surface area contributed by atoms with Gasteiger partial charge in [-0.2, -0.15) is 0 Å². The second-order valence-electron chi connectivity index (χ2n) is 9.58. The van der Waals surface area contributed by atoms with Crippen LogP contribution in [0.2, 0.25) is 0 Å². The minimum absolute atomic E-state index is 0.157. The van der Waals surface area contributed by atoms with Gasteiger partial charge in [-0.25, -0.2) is 0 Å². The van der Waals surface area contributed by atoms with Crippen LogP contribution in [-0.2, 0) is 11.3 Å². The first-order chi connectivity index (χ1) is 17.3. The lowest BCUT2D eigenvalue weighted by Gasteiger charge is -2.26. The summed E-state index contributed by atoms with van der Waals surface area (Å²) in [5.74, 6) is 1.20. The van der Waals surface area contributed by atoms with Crippen molar-refractivity contribution in [2.75, 3.05) is 26.2 Å². The predicted molar refractivity (Wildman–Crippen MR) is 139 cm³/mol. The van der Waals surface area contributed by atoms with Crippen LogP contribution in [0.1, 0.15) is 42.1 Å². The molecule has 1 N–H and O–H groups in total. The highest BCUT2D eigenvalue weighted by molar-refractivity contribution is 5.66. The van der Waals surface area contributed by atoms with E-state index in [1.807, 2.05) is 30.3 Å². The number of hydrogen-bond acceptors (Lipinski definition) is 4. The molecular formula is C31H31NO3. The fourth-order valence-corrected chi connectivity index (χ4v) is 5.45. The molecule has 1 atom stereocenters. The second kappa shape index (κ2) is 9.73. The average molecular weight is 466 g/mol. The van der Waals surface area contributed by atoms with Crippen LogP contribution in [0.5, 0.6) is 11.5 Å². The van der Waals surface area contributed by atoms with Crippen LogP contribution in [0.25, 0.3) is 18.2 Å². The Kier molecular flexibility index (Phi) is 6.15. The van der Waals surface area contributed by atoms with Crippen LogP contribution in [0.15, 0.2) is 60.7 Å². The SMILES string of the molecule is Oc1cc2c(c3c1=c1ccccc1=CC=C3)COC(c1ccc(OCCN3CCCCC3)cc1)C=2. The number of likely N-dealkylation sites (tertiary alicyclic amines) is 1. The van der Waals surface area contributed by atoms with Gasteiger partial charge in [0.05, 0.1) is 6.61 Å². The Morgan fingerprint density at radius 1 is 0.971 bits per heavy atom. The smallest absolute Gasteiger partial charge is 0.124 e. The summed E-state index contributed by atoms with van der Waals surface area (Å²) in [6.45, 7) is 4.59. The molecule has 2 heterocycles. The molecule has 1 aliphatic carbocycles. The van der Waals surface area contributed by atoms with Crippen LogP contribution >= 0.6 is 0 Å². The number of fused-ring (bicyclic) bond motifs is 4. The van der Waals surface area contributed by atoms with Crippen LogP contribution in [-0.4, -0.2) is 36.2 Å². The summed E-state index contributed by atoms with van der Waals surface area (Å²) in [7, 11) is 0. The summed E-state index contributed by atoms with van der Waals surface area (Å²) in [5.41, 5.74) is 3.24. The van der Waals surface area contributed by atoms with E-state index in [2.05, 4.69) is 53.5 Å². The molecule has 0 aromatic heterocycles. The Morgan fingerprint density at radius 3 is 2.66 bits per heavy atom. The summed E-state index contributed by atoms with van der Waals surface area (Å²) in [6, 6.07) is 18.3. The minimum atomic E-state index is -0.157. The Balaban J connectivity index is 1.25. The van der Waals surface area contributed by atoms with Crippen molar-refractivity contribution in [1.29, 1.82) is 0 Å². The highest BCUT2D eigenvalue weighted by Gasteiger charge is 2.19. The summed E-state index contributed by atoms with van der Waals surface area (Å²) < 4.78 is 12.3. The van der Waals surface area contributed by atoms with Gasteiger partial charge in [0, 0.05) is 11.8 Å². The van der Waals surface area contributed by atoms with Crippen molar-refractivity contribution in [2.24, 2.45) is 0 Å². The molecule has 1 saturated heterocycles. The van der Waals surface area contributed by atoms with E-state index in [1.54, 1.807) is 0 Å². The fourth-order valence-electron chi connectivity index (χ4n) is 5.45. The van der Waals surface area contributed by atoms with E-state index < -0.39 is 0 Å². The number of ether oxygens (including phenoxy) is 2. The van der Waals surface area contributed by atoms with Crippen molar-refractivity contribution in [2.45, 2.75) is 32.0 Å². The number of piperidine rings is 1. The van der Waals surface area contributed by atoms with Crippen LogP contribution in [0.3, 0.4) is 0 Å². The standard InChI is InChI=1S/C31H31NO3/c33-29-19-24-20-30(23-11-13-25(14-12-23)34-18-17-32-15-4-1-5-16-32)35-21-28(24)27-10-6-8-22-7-2-3-9-26(22)31(27)29/h2-3,6-14,19-20,30,33H,1,4-5,15-18,21H2. The number of rotatable bonds is 5. The van der Waals surface area contributed by atoms with Crippen LogP contribution in [0.4, 0.5) is 0 Å². The molecule has 3 aliphatic rings. The number of aromatic hydroxyl groups is 1. The second-order valence-corrected chi connectivity index (χ2v) is 9.58. The molecule has 178 valence electrons. The topological polar surface area (TPSA) is 41.9 Å². The van der Waals surface area contributed by atoms with Crippen LogP contribution in [0, 0.1) is 10.4 Å². The van der Waals surface area contributed by atoms with E-state index in [-0.39, 0.29) is 6.10 Å². The van der Waals surface area contributed by atoms with Gasteiger partial charge in [-0.3, -0.25) is 4.90 Å². The summed E-state index contributed by atoms with van der Waals surface area (Å²) in [4.78, 5) is 2.49. The first-order valence-electron chi connectivity index (χ1n) is 12.7. The molecule has 2 aliphatic heterocycles. The number of hydrogen-bond donors (Lipinski definition) is 1. The van der Waals surface area contributed by atoms with Gasteiger partial charge in [-0.1, -0.05) is 61.0 Å². The third-order valence-electron chi connectivity index (χ3n) is 7.33. The Labute approximate surface area is 205 Å². The van der Waals surface area contributed by atoms with Gasteiger partial charge in [0.15, 0.2) is 0 Å². The first-order valence-corrected chi connectivity index (χ1v) is 12.7. The quantitative estimate of drug-likeness (QED) is 0.606. The summed E-state index contributed by atoms with van der Waals surface area (Å²) in [5, 5.41) is 15.1. The highest BCUT2D eigenvalue weighted by Crippen LogP contribution is 2.29. The van der Waals surface area contributed by atoms with Crippen molar-refractivity contribution in [3.63, 3.8) is 0 Å². The van der Waals surface area contributed by atoms with E-state index in [9.17, 15) is 5.11 Å². The number of benzene rings is 3. The van der Waals surface area contributed by atoms with Crippen molar-refractivity contribution in [3.8, 4) is 11.5 Å². The van der Waals surface area contributed by atoms with Crippen LogP contribution < -0.4 is 15.2 Å². The number of nitrogens with zero attached hydrogens (tertiary/aromatic N) is 1. The van der Waals surface area contributed by atoms with E-state index in [0.717, 1.165) is 56.5 Å². The lowest BCUT2D eigenvalue weighted by molar-refractivity contribution is 0.0757. The van der Waals surface area contributed by atoms with E-state index in [0.29, 0.717) is 12.4 Å². The van der Waals surface area contributed by atoms with Gasteiger partial charge in [0.1, 0.15) is 24.2 Å².